The Hall–Kier alpha value is -1.24. The number of nitrogens with zero attached hydrogens (tertiary/aromatic N) is 1. The van der Waals surface area contributed by atoms with Crippen molar-refractivity contribution >= 4 is 26.7 Å². The Bertz CT molecular complexity index is 544. The van der Waals surface area contributed by atoms with E-state index in [9.17, 15) is 4.39 Å². The van der Waals surface area contributed by atoms with Crippen LogP contribution in [0.5, 0.6) is 0 Å². The van der Waals surface area contributed by atoms with Crippen molar-refractivity contribution in [1.29, 1.82) is 0 Å². The Labute approximate surface area is 102 Å². The van der Waals surface area contributed by atoms with E-state index < -0.39 is 0 Å². The van der Waals surface area contributed by atoms with Gasteiger partial charge in [0.05, 0.1) is 35.5 Å². The van der Waals surface area contributed by atoms with Crippen molar-refractivity contribution in [3.05, 3.63) is 24.0 Å². The molecule has 90 valence electrons. The van der Waals surface area contributed by atoms with Gasteiger partial charge in [-0.05, 0) is 18.2 Å². The van der Waals surface area contributed by atoms with Crippen LogP contribution in [-0.2, 0) is 4.74 Å². The number of benzene rings is 1. The minimum absolute atomic E-state index is 0.0150. The Morgan fingerprint density at radius 2 is 2.35 bits per heavy atom. The Morgan fingerprint density at radius 1 is 1.47 bits per heavy atom. The molecule has 2 heterocycles. The predicted octanol–water partition coefficient (Wildman–Crippen LogP) is 1.57. The lowest BCUT2D eigenvalue weighted by molar-refractivity contribution is 0.192. The second kappa shape index (κ2) is 4.21. The molecule has 0 spiro atoms. The molecule has 1 fully saturated rings. The van der Waals surface area contributed by atoms with Gasteiger partial charge < -0.3 is 15.8 Å². The van der Waals surface area contributed by atoms with Gasteiger partial charge in [0.2, 0.25) is 0 Å². The lowest BCUT2D eigenvalue weighted by atomic mass is 10.2. The number of nitrogens with two attached hydrogens (primary N) is 1. The predicted molar refractivity (Wildman–Crippen MR) is 65.8 cm³/mol. The smallest absolute Gasteiger partial charge is 0.184 e. The number of thiazole rings is 1. The van der Waals surface area contributed by atoms with Gasteiger partial charge in [0.25, 0.3) is 0 Å². The van der Waals surface area contributed by atoms with Gasteiger partial charge in [-0.15, -0.1) is 0 Å². The number of rotatable bonds is 2. The Balaban J connectivity index is 1.85. The molecule has 1 aliphatic heterocycles. The number of nitrogens with one attached hydrogen (secondary N) is 1. The molecular weight excluding hydrogens is 241 g/mol. The van der Waals surface area contributed by atoms with Crippen molar-refractivity contribution in [2.24, 2.45) is 5.73 Å². The summed E-state index contributed by atoms with van der Waals surface area (Å²) in [6.07, 6.45) is 0. The monoisotopic (exact) mass is 253 g/mol. The van der Waals surface area contributed by atoms with E-state index in [2.05, 4.69) is 10.3 Å². The second-order valence-electron chi connectivity index (χ2n) is 4.08. The van der Waals surface area contributed by atoms with Crippen molar-refractivity contribution in [2.75, 3.05) is 18.5 Å². The highest BCUT2D eigenvalue weighted by molar-refractivity contribution is 7.22. The summed E-state index contributed by atoms with van der Waals surface area (Å²) in [5.74, 6) is -0.242. The van der Waals surface area contributed by atoms with Crippen LogP contribution in [0.1, 0.15) is 0 Å². The summed E-state index contributed by atoms with van der Waals surface area (Å²) >= 11 is 1.43. The number of hydrogen-bond donors (Lipinski definition) is 2. The summed E-state index contributed by atoms with van der Waals surface area (Å²) in [5, 5.41) is 4.00. The third-order valence-electron chi connectivity index (χ3n) is 2.78. The van der Waals surface area contributed by atoms with E-state index in [0.29, 0.717) is 13.2 Å². The van der Waals surface area contributed by atoms with Crippen LogP contribution in [0.2, 0.25) is 0 Å². The van der Waals surface area contributed by atoms with Gasteiger partial charge in [-0.1, -0.05) is 11.3 Å². The van der Waals surface area contributed by atoms with Crippen LogP contribution >= 0.6 is 11.3 Å². The molecule has 0 radical (unpaired) electrons. The van der Waals surface area contributed by atoms with E-state index in [1.165, 1.54) is 23.5 Å². The van der Waals surface area contributed by atoms with Gasteiger partial charge in [-0.25, -0.2) is 9.37 Å². The number of aromatic nitrogens is 1. The topological polar surface area (TPSA) is 60.2 Å². The van der Waals surface area contributed by atoms with Gasteiger partial charge in [-0.2, -0.15) is 0 Å². The molecule has 6 heteroatoms. The molecule has 0 bridgehead atoms. The molecule has 0 unspecified atom stereocenters. The maximum Gasteiger partial charge on any atom is 0.184 e. The zero-order valence-electron chi connectivity index (χ0n) is 9.02. The second-order valence-corrected chi connectivity index (χ2v) is 5.11. The van der Waals surface area contributed by atoms with Crippen LogP contribution in [0.3, 0.4) is 0 Å². The summed E-state index contributed by atoms with van der Waals surface area (Å²) in [7, 11) is 0. The average Bonchev–Trinajstić information content (AvgIpc) is 2.85. The van der Waals surface area contributed by atoms with E-state index >= 15 is 0 Å². The minimum Gasteiger partial charge on any atom is -0.378 e. The van der Waals surface area contributed by atoms with Crippen LogP contribution in [0, 0.1) is 5.82 Å². The summed E-state index contributed by atoms with van der Waals surface area (Å²) < 4.78 is 19.1. The van der Waals surface area contributed by atoms with E-state index in [1.807, 2.05) is 0 Å². The number of hydrogen-bond acceptors (Lipinski definition) is 5. The van der Waals surface area contributed by atoms with Crippen LogP contribution < -0.4 is 11.1 Å². The summed E-state index contributed by atoms with van der Waals surface area (Å²) in [5.41, 5.74) is 6.67. The fraction of sp³-hybridized carbons (Fsp3) is 0.364. The zero-order chi connectivity index (χ0) is 11.8. The molecule has 4 nitrogen and oxygen atoms in total. The molecule has 3 rings (SSSR count). The normalized spacial score (nSPS) is 24.4. The lowest BCUT2D eigenvalue weighted by Gasteiger charge is -2.13. The highest BCUT2D eigenvalue weighted by atomic mass is 32.1. The van der Waals surface area contributed by atoms with E-state index in [0.717, 1.165) is 15.3 Å². The SMILES string of the molecule is N[C@H]1COC[C@@H]1Nc1nc2ccc(F)cc2s1. The molecule has 17 heavy (non-hydrogen) atoms. The Morgan fingerprint density at radius 3 is 3.12 bits per heavy atom. The van der Waals surface area contributed by atoms with Crippen LogP contribution in [-0.4, -0.2) is 30.3 Å². The standard InChI is InChI=1S/C11H12FN3OS/c12-6-1-2-8-10(3-6)17-11(14-8)15-9-5-16-4-7(9)13/h1-3,7,9H,4-5,13H2,(H,14,15)/t7-,9-/m0/s1. The first kappa shape index (κ1) is 10.9. The molecule has 0 saturated carbocycles. The van der Waals surface area contributed by atoms with Crippen molar-refractivity contribution in [3.8, 4) is 0 Å². The number of anilines is 1. The van der Waals surface area contributed by atoms with Gasteiger partial charge in [0.15, 0.2) is 5.13 Å². The van der Waals surface area contributed by atoms with Gasteiger partial charge in [-0.3, -0.25) is 0 Å². The van der Waals surface area contributed by atoms with Crippen LogP contribution in [0.4, 0.5) is 9.52 Å². The number of halogens is 1. The summed E-state index contributed by atoms with van der Waals surface area (Å²) in [6, 6.07) is 4.65. The van der Waals surface area contributed by atoms with Crippen molar-refractivity contribution in [1.82, 2.24) is 4.98 Å². The average molecular weight is 253 g/mol. The molecule has 1 aliphatic rings. The maximum absolute atomic E-state index is 13.0. The fourth-order valence-corrected chi connectivity index (χ4v) is 2.79. The molecule has 0 amide bonds. The molecular formula is C11H12FN3OS. The molecule has 1 aromatic heterocycles. The highest BCUT2D eigenvalue weighted by Gasteiger charge is 2.25. The van der Waals surface area contributed by atoms with Crippen molar-refractivity contribution in [3.63, 3.8) is 0 Å². The minimum atomic E-state index is -0.242. The first-order valence-electron chi connectivity index (χ1n) is 5.38. The highest BCUT2D eigenvalue weighted by Crippen LogP contribution is 2.27. The summed E-state index contributed by atoms with van der Waals surface area (Å²) in [4.78, 5) is 4.38. The summed E-state index contributed by atoms with van der Waals surface area (Å²) in [6.45, 7) is 1.16. The van der Waals surface area contributed by atoms with Crippen molar-refractivity contribution in [2.45, 2.75) is 12.1 Å². The van der Waals surface area contributed by atoms with E-state index in [1.54, 1.807) is 6.07 Å². The molecule has 3 N–H and O–H groups in total. The largest absolute Gasteiger partial charge is 0.378 e. The first-order valence-corrected chi connectivity index (χ1v) is 6.20. The number of fused-ring (bicyclic) bond motifs is 1. The van der Waals surface area contributed by atoms with Crippen LogP contribution in [0.15, 0.2) is 18.2 Å². The van der Waals surface area contributed by atoms with Crippen molar-refractivity contribution < 1.29 is 9.13 Å². The van der Waals surface area contributed by atoms with E-state index in [-0.39, 0.29) is 17.9 Å². The zero-order valence-corrected chi connectivity index (χ0v) is 9.84. The van der Waals surface area contributed by atoms with Gasteiger partial charge >= 0.3 is 0 Å². The third kappa shape index (κ3) is 2.11. The molecule has 2 atom stereocenters. The fourth-order valence-electron chi connectivity index (χ4n) is 1.84. The molecule has 0 aliphatic carbocycles. The van der Waals surface area contributed by atoms with Crippen LogP contribution in [0.25, 0.3) is 10.2 Å². The molecule has 1 saturated heterocycles. The lowest BCUT2D eigenvalue weighted by Crippen LogP contribution is -2.38. The number of ether oxygens (including phenoxy) is 1. The third-order valence-corrected chi connectivity index (χ3v) is 3.73. The molecule has 2 aromatic rings. The molecule has 1 aromatic carbocycles. The van der Waals surface area contributed by atoms with Gasteiger partial charge in [0.1, 0.15) is 5.82 Å². The van der Waals surface area contributed by atoms with E-state index in [4.69, 9.17) is 10.5 Å². The first-order chi connectivity index (χ1) is 8.22. The van der Waals surface area contributed by atoms with Gasteiger partial charge in [0, 0.05) is 0 Å². The maximum atomic E-state index is 13.0. The quantitative estimate of drug-likeness (QED) is 0.853. The Kier molecular flexibility index (Phi) is 2.70.